The van der Waals surface area contributed by atoms with Crippen molar-refractivity contribution in [2.45, 2.75) is 0 Å². The van der Waals surface area contributed by atoms with Crippen molar-refractivity contribution in [3.05, 3.63) is 146 Å². The van der Waals surface area contributed by atoms with Gasteiger partial charge in [0.2, 0.25) is 0 Å². The van der Waals surface area contributed by atoms with Crippen LogP contribution in [-0.4, -0.2) is 19.9 Å². The lowest BCUT2D eigenvalue weighted by Gasteiger charge is -2.12. The first-order chi connectivity index (χ1) is 21.3. The monoisotopic (exact) mass is 552 g/mol. The number of pyridine rings is 2. The molecular weight excluding hydrogens is 528 g/mol. The summed E-state index contributed by atoms with van der Waals surface area (Å²) in [6, 6.07) is 41.2. The van der Waals surface area contributed by atoms with Gasteiger partial charge in [0.05, 0.1) is 11.4 Å². The molecule has 0 amide bonds. The third-order valence-electron chi connectivity index (χ3n) is 7.71. The van der Waals surface area contributed by atoms with E-state index in [1.54, 1.807) is 12.4 Å². The molecule has 43 heavy (non-hydrogen) atoms. The van der Waals surface area contributed by atoms with Gasteiger partial charge in [-0.2, -0.15) is 0 Å². The Morgan fingerprint density at radius 2 is 1.05 bits per heavy atom. The molecule has 0 aliphatic carbocycles. The van der Waals surface area contributed by atoms with E-state index in [9.17, 15) is 0 Å². The van der Waals surface area contributed by atoms with E-state index in [0.717, 1.165) is 72.3 Å². The van der Waals surface area contributed by atoms with Gasteiger partial charge in [-0.15, -0.1) is 0 Å². The Labute approximate surface area is 248 Å². The maximum absolute atomic E-state index is 6.03. The van der Waals surface area contributed by atoms with Gasteiger partial charge < -0.3 is 4.42 Å². The molecule has 0 saturated heterocycles. The van der Waals surface area contributed by atoms with Gasteiger partial charge >= 0.3 is 0 Å². The minimum atomic E-state index is 0.650. The molecule has 0 radical (unpaired) electrons. The second kappa shape index (κ2) is 10.5. The Hall–Kier alpha value is -5.94. The Kier molecular flexibility index (Phi) is 6.05. The van der Waals surface area contributed by atoms with Gasteiger partial charge in [0.1, 0.15) is 11.2 Å². The molecule has 0 unspecified atom stereocenters. The average Bonchev–Trinajstić information content (AvgIpc) is 3.47. The molecule has 0 fully saturated rings. The number of para-hydroxylation sites is 1. The fourth-order valence-corrected chi connectivity index (χ4v) is 5.57. The molecule has 5 heteroatoms. The molecule has 5 nitrogen and oxygen atoms in total. The number of hydrogen-bond donors (Lipinski definition) is 0. The van der Waals surface area contributed by atoms with E-state index < -0.39 is 0 Å². The summed E-state index contributed by atoms with van der Waals surface area (Å²) in [7, 11) is 0. The van der Waals surface area contributed by atoms with Crippen LogP contribution in [0.4, 0.5) is 0 Å². The maximum atomic E-state index is 6.03. The highest BCUT2D eigenvalue weighted by Crippen LogP contribution is 2.35. The second-order valence-corrected chi connectivity index (χ2v) is 10.4. The standard InChI is InChI=1S/C38H24N4O/c1-2-11-32(30(9-1)28-7-5-19-39-23-28)38-41-34(22-35(42-38)29-8-6-20-40-24-29)26-15-13-25(14-16-26)27-17-18-37-33(21-27)31-10-3-4-12-36(31)43-37/h1-24H. The zero-order chi connectivity index (χ0) is 28.6. The average molecular weight is 553 g/mol. The Morgan fingerprint density at radius 1 is 0.419 bits per heavy atom. The number of benzene rings is 4. The quantitative estimate of drug-likeness (QED) is 0.213. The highest BCUT2D eigenvalue weighted by atomic mass is 16.3. The summed E-state index contributed by atoms with van der Waals surface area (Å²) in [5, 5.41) is 2.24. The van der Waals surface area contributed by atoms with E-state index in [4.69, 9.17) is 14.4 Å². The van der Waals surface area contributed by atoms with Crippen molar-refractivity contribution in [2.75, 3.05) is 0 Å². The zero-order valence-corrected chi connectivity index (χ0v) is 23.1. The number of furan rings is 1. The Morgan fingerprint density at radius 3 is 1.81 bits per heavy atom. The van der Waals surface area contributed by atoms with Crippen molar-refractivity contribution in [2.24, 2.45) is 0 Å². The van der Waals surface area contributed by atoms with Crippen LogP contribution in [0.25, 0.3) is 78.1 Å². The van der Waals surface area contributed by atoms with E-state index in [1.165, 1.54) is 0 Å². The van der Waals surface area contributed by atoms with Crippen LogP contribution < -0.4 is 0 Å². The Bertz CT molecular complexity index is 2220. The summed E-state index contributed by atoms with van der Waals surface area (Å²) in [4.78, 5) is 18.8. The fraction of sp³-hybridized carbons (Fsp3) is 0. The number of aromatic nitrogens is 4. The van der Waals surface area contributed by atoms with Crippen LogP contribution in [-0.2, 0) is 0 Å². The molecular formula is C38H24N4O. The molecule has 8 rings (SSSR count). The van der Waals surface area contributed by atoms with Crippen molar-refractivity contribution in [1.82, 2.24) is 19.9 Å². The van der Waals surface area contributed by atoms with Crippen LogP contribution in [0.15, 0.2) is 151 Å². The predicted octanol–water partition coefficient (Wildman–Crippen LogP) is 9.50. The molecule has 4 aromatic carbocycles. The van der Waals surface area contributed by atoms with Crippen molar-refractivity contribution >= 4 is 21.9 Å². The normalized spacial score (nSPS) is 11.3. The first kappa shape index (κ1) is 24.8. The Balaban J connectivity index is 1.23. The summed E-state index contributed by atoms with van der Waals surface area (Å²) >= 11 is 0. The highest BCUT2D eigenvalue weighted by molar-refractivity contribution is 6.06. The lowest BCUT2D eigenvalue weighted by atomic mass is 9.99. The highest BCUT2D eigenvalue weighted by Gasteiger charge is 2.15. The third kappa shape index (κ3) is 4.63. The first-order valence-electron chi connectivity index (χ1n) is 14.1. The summed E-state index contributed by atoms with van der Waals surface area (Å²) in [6.45, 7) is 0. The van der Waals surface area contributed by atoms with E-state index >= 15 is 0 Å². The summed E-state index contributed by atoms with van der Waals surface area (Å²) in [5.74, 6) is 0.650. The van der Waals surface area contributed by atoms with Crippen LogP contribution in [0.5, 0.6) is 0 Å². The molecule has 0 aliphatic heterocycles. The summed E-state index contributed by atoms with van der Waals surface area (Å²) < 4.78 is 6.03. The molecule has 0 atom stereocenters. The van der Waals surface area contributed by atoms with E-state index in [1.807, 2.05) is 67.0 Å². The number of fused-ring (bicyclic) bond motifs is 3. The molecule has 4 heterocycles. The smallest absolute Gasteiger partial charge is 0.161 e. The molecule has 4 aromatic heterocycles. The second-order valence-electron chi connectivity index (χ2n) is 10.4. The van der Waals surface area contributed by atoms with Crippen LogP contribution in [0.3, 0.4) is 0 Å². The van der Waals surface area contributed by atoms with Crippen molar-refractivity contribution < 1.29 is 4.42 Å². The van der Waals surface area contributed by atoms with Crippen molar-refractivity contribution in [3.8, 4) is 56.2 Å². The molecule has 0 N–H and O–H groups in total. The van der Waals surface area contributed by atoms with Gasteiger partial charge in [-0.3, -0.25) is 9.97 Å². The maximum Gasteiger partial charge on any atom is 0.161 e. The first-order valence-corrected chi connectivity index (χ1v) is 14.1. The van der Waals surface area contributed by atoms with Crippen molar-refractivity contribution in [3.63, 3.8) is 0 Å². The molecule has 0 saturated carbocycles. The number of nitrogens with zero attached hydrogens (tertiary/aromatic N) is 4. The largest absolute Gasteiger partial charge is 0.456 e. The van der Waals surface area contributed by atoms with Crippen molar-refractivity contribution in [1.29, 1.82) is 0 Å². The molecule has 0 spiro atoms. The van der Waals surface area contributed by atoms with Crippen LogP contribution in [0.2, 0.25) is 0 Å². The van der Waals surface area contributed by atoms with Gasteiger partial charge in [0, 0.05) is 57.8 Å². The minimum absolute atomic E-state index is 0.650. The topological polar surface area (TPSA) is 64.7 Å². The number of hydrogen-bond acceptors (Lipinski definition) is 5. The predicted molar refractivity (Wildman–Crippen MR) is 172 cm³/mol. The molecule has 0 aliphatic rings. The third-order valence-corrected chi connectivity index (χ3v) is 7.71. The minimum Gasteiger partial charge on any atom is -0.456 e. The van der Waals surface area contributed by atoms with Gasteiger partial charge in [-0.1, -0.05) is 78.9 Å². The fourth-order valence-electron chi connectivity index (χ4n) is 5.57. The summed E-state index contributed by atoms with van der Waals surface area (Å²) in [6.07, 6.45) is 7.25. The van der Waals surface area contributed by atoms with E-state index in [2.05, 4.69) is 76.7 Å². The van der Waals surface area contributed by atoms with E-state index in [-0.39, 0.29) is 0 Å². The molecule has 0 bridgehead atoms. The van der Waals surface area contributed by atoms with Gasteiger partial charge in [-0.25, -0.2) is 9.97 Å². The summed E-state index contributed by atoms with van der Waals surface area (Å²) in [5.41, 5.74) is 10.6. The van der Waals surface area contributed by atoms with Gasteiger partial charge in [0.15, 0.2) is 5.82 Å². The zero-order valence-electron chi connectivity index (χ0n) is 23.1. The lowest BCUT2D eigenvalue weighted by Crippen LogP contribution is -1.97. The molecule has 202 valence electrons. The lowest BCUT2D eigenvalue weighted by molar-refractivity contribution is 0.669. The SMILES string of the molecule is c1cncc(-c2cc(-c3ccc(-c4ccc5oc6ccccc6c5c4)cc3)nc(-c3ccccc3-c3cccnc3)n2)c1. The van der Waals surface area contributed by atoms with Crippen LogP contribution in [0.1, 0.15) is 0 Å². The van der Waals surface area contributed by atoms with E-state index in [0.29, 0.717) is 5.82 Å². The van der Waals surface area contributed by atoms with Crippen LogP contribution >= 0.6 is 0 Å². The molecule has 8 aromatic rings. The van der Waals surface area contributed by atoms with Gasteiger partial charge in [-0.05, 0) is 59.2 Å². The van der Waals surface area contributed by atoms with Gasteiger partial charge in [0.25, 0.3) is 0 Å². The number of rotatable bonds is 5. The van der Waals surface area contributed by atoms with Crippen LogP contribution in [0, 0.1) is 0 Å².